The molecular weight excluding hydrogens is 204 g/mol. The van der Waals surface area contributed by atoms with Crippen molar-refractivity contribution < 1.29 is 13.9 Å². The first-order valence-electron chi connectivity index (χ1n) is 4.95. The average Bonchev–Trinajstić information content (AvgIpc) is 2.82. The fraction of sp³-hybridized carbons (Fsp3) is 0.154. The van der Waals surface area contributed by atoms with Crippen molar-refractivity contribution in [3.8, 4) is 5.75 Å². The molecule has 3 nitrogen and oxygen atoms in total. The van der Waals surface area contributed by atoms with Gasteiger partial charge in [-0.15, -0.1) is 0 Å². The molecule has 1 aromatic carbocycles. The topological polar surface area (TPSA) is 39.4 Å². The standard InChI is InChI=1S/C13H12O3/c1-9-5-6-10(8-12(9)15-2)13(14)11-4-3-7-16-11/h3-8H,1-2H3. The third kappa shape index (κ3) is 1.84. The Morgan fingerprint density at radius 3 is 2.75 bits per heavy atom. The molecular formula is C13H12O3. The zero-order valence-electron chi connectivity index (χ0n) is 9.19. The van der Waals surface area contributed by atoms with Crippen LogP contribution in [-0.4, -0.2) is 12.9 Å². The van der Waals surface area contributed by atoms with Gasteiger partial charge in [-0.3, -0.25) is 4.79 Å². The fourth-order valence-electron chi connectivity index (χ4n) is 1.51. The summed E-state index contributed by atoms with van der Waals surface area (Å²) >= 11 is 0. The van der Waals surface area contributed by atoms with Crippen LogP contribution in [0.4, 0.5) is 0 Å². The maximum Gasteiger partial charge on any atom is 0.228 e. The minimum Gasteiger partial charge on any atom is -0.496 e. The van der Waals surface area contributed by atoms with E-state index in [0.717, 1.165) is 5.56 Å². The molecule has 0 bridgehead atoms. The Bertz CT molecular complexity index is 498. The Balaban J connectivity index is 2.38. The maximum atomic E-state index is 11.9. The van der Waals surface area contributed by atoms with Gasteiger partial charge >= 0.3 is 0 Å². The van der Waals surface area contributed by atoms with E-state index < -0.39 is 0 Å². The Kier molecular flexibility index (Phi) is 2.77. The van der Waals surface area contributed by atoms with Crippen molar-refractivity contribution in [1.82, 2.24) is 0 Å². The van der Waals surface area contributed by atoms with Crippen molar-refractivity contribution in [2.24, 2.45) is 0 Å². The van der Waals surface area contributed by atoms with Gasteiger partial charge in [0.25, 0.3) is 0 Å². The number of ketones is 1. The van der Waals surface area contributed by atoms with Gasteiger partial charge in [0.2, 0.25) is 5.78 Å². The molecule has 3 heteroatoms. The van der Waals surface area contributed by atoms with E-state index >= 15 is 0 Å². The molecule has 2 rings (SSSR count). The molecule has 2 aromatic rings. The van der Waals surface area contributed by atoms with Crippen LogP contribution in [0.3, 0.4) is 0 Å². The van der Waals surface area contributed by atoms with Gasteiger partial charge in [-0.2, -0.15) is 0 Å². The van der Waals surface area contributed by atoms with E-state index in [1.807, 2.05) is 13.0 Å². The predicted molar refractivity (Wildman–Crippen MR) is 59.9 cm³/mol. The zero-order chi connectivity index (χ0) is 11.5. The van der Waals surface area contributed by atoms with E-state index in [1.54, 1.807) is 31.4 Å². The lowest BCUT2D eigenvalue weighted by atomic mass is 10.1. The van der Waals surface area contributed by atoms with Gasteiger partial charge in [-0.25, -0.2) is 0 Å². The molecule has 0 atom stereocenters. The van der Waals surface area contributed by atoms with Crippen molar-refractivity contribution in [2.45, 2.75) is 6.92 Å². The van der Waals surface area contributed by atoms with Crippen LogP contribution in [-0.2, 0) is 0 Å². The van der Waals surface area contributed by atoms with Crippen LogP contribution in [0.5, 0.6) is 5.75 Å². The minimum atomic E-state index is -0.136. The first-order chi connectivity index (χ1) is 7.72. The molecule has 0 amide bonds. The summed E-state index contributed by atoms with van der Waals surface area (Å²) in [5, 5.41) is 0. The molecule has 0 spiro atoms. The van der Waals surface area contributed by atoms with E-state index in [0.29, 0.717) is 17.1 Å². The van der Waals surface area contributed by atoms with E-state index in [1.165, 1.54) is 6.26 Å². The number of benzene rings is 1. The molecule has 1 heterocycles. The third-order valence-corrected chi connectivity index (χ3v) is 2.42. The Morgan fingerprint density at radius 2 is 2.12 bits per heavy atom. The number of hydrogen-bond donors (Lipinski definition) is 0. The number of hydrogen-bond acceptors (Lipinski definition) is 3. The van der Waals surface area contributed by atoms with Crippen LogP contribution >= 0.6 is 0 Å². The molecule has 0 aliphatic rings. The van der Waals surface area contributed by atoms with Crippen molar-refractivity contribution in [1.29, 1.82) is 0 Å². The number of furan rings is 1. The number of carbonyl (C=O) groups is 1. The van der Waals surface area contributed by atoms with E-state index in [9.17, 15) is 4.79 Å². The molecule has 1 aromatic heterocycles. The van der Waals surface area contributed by atoms with Gasteiger partial charge in [-0.1, -0.05) is 12.1 Å². The van der Waals surface area contributed by atoms with E-state index in [-0.39, 0.29) is 5.78 Å². The largest absolute Gasteiger partial charge is 0.496 e. The second kappa shape index (κ2) is 4.23. The zero-order valence-corrected chi connectivity index (χ0v) is 9.19. The smallest absolute Gasteiger partial charge is 0.228 e. The third-order valence-electron chi connectivity index (χ3n) is 2.42. The van der Waals surface area contributed by atoms with Gasteiger partial charge in [0.15, 0.2) is 5.76 Å². The number of aryl methyl sites for hydroxylation is 1. The highest BCUT2D eigenvalue weighted by molar-refractivity contribution is 6.07. The van der Waals surface area contributed by atoms with Crippen LogP contribution < -0.4 is 4.74 Å². The van der Waals surface area contributed by atoms with Gasteiger partial charge in [0.1, 0.15) is 5.75 Å². The average molecular weight is 216 g/mol. The molecule has 0 aliphatic heterocycles. The molecule has 0 N–H and O–H groups in total. The molecule has 0 saturated carbocycles. The summed E-state index contributed by atoms with van der Waals surface area (Å²) in [7, 11) is 1.59. The number of rotatable bonds is 3. The van der Waals surface area contributed by atoms with Crippen LogP contribution in [0.25, 0.3) is 0 Å². The lowest BCUT2D eigenvalue weighted by molar-refractivity contribution is 0.101. The van der Waals surface area contributed by atoms with Crippen molar-refractivity contribution in [3.63, 3.8) is 0 Å². The molecule has 0 unspecified atom stereocenters. The molecule has 0 saturated heterocycles. The summed E-state index contributed by atoms with van der Waals surface area (Å²) in [6.45, 7) is 1.93. The maximum absolute atomic E-state index is 11.9. The Morgan fingerprint density at radius 1 is 1.31 bits per heavy atom. The molecule has 0 aliphatic carbocycles. The lowest BCUT2D eigenvalue weighted by Gasteiger charge is -2.05. The number of carbonyl (C=O) groups excluding carboxylic acids is 1. The van der Waals surface area contributed by atoms with Crippen molar-refractivity contribution in [3.05, 3.63) is 53.5 Å². The van der Waals surface area contributed by atoms with Crippen molar-refractivity contribution >= 4 is 5.78 Å². The molecule has 0 radical (unpaired) electrons. The molecule has 0 fully saturated rings. The minimum absolute atomic E-state index is 0.136. The second-order valence-corrected chi connectivity index (χ2v) is 3.49. The fourth-order valence-corrected chi connectivity index (χ4v) is 1.51. The summed E-state index contributed by atoms with van der Waals surface area (Å²) in [6.07, 6.45) is 1.48. The van der Waals surface area contributed by atoms with Gasteiger partial charge in [0.05, 0.1) is 13.4 Å². The quantitative estimate of drug-likeness (QED) is 0.740. The number of ether oxygens (including phenoxy) is 1. The molecule has 16 heavy (non-hydrogen) atoms. The Labute approximate surface area is 93.7 Å². The summed E-state index contributed by atoms with van der Waals surface area (Å²) in [4.78, 5) is 11.9. The van der Waals surface area contributed by atoms with E-state index in [4.69, 9.17) is 9.15 Å². The van der Waals surface area contributed by atoms with Gasteiger partial charge in [0, 0.05) is 5.56 Å². The van der Waals surface area contributed by atoms with Crippen LogP contribution in [0.2, 0.25) is 0 Å². The van der Waals surface area contributed by atoms with Crippen LogP contribution in [0.1, 0.15) is 21.7 Å². The summed E-state index contributed by atoms with van der Waals surface area (Å²) in [5.41, 5.74) is 1.57. The number of methoxy groups -OCH3 is 1. The predicted octanol–water partition coefficient (Wildman–Crippen LogP) is 2.83. The second-order valence-electron chi connectivity index (χ2n) is 3.49. The van der Waals surface area contributed by atoms with Crippen LogP contribution in [0, 0.1) is 6.92 Å². The van der Waals surface area contributed by atoms with Crippen molar-refractivity contribution in [2.75, 3.05) is 7.11 Å². The first-order valence-corrected chi connectivity index (χ1v) is 4.95. The highest BCUT2D eigenvalue weighted by Crippen LogP contribution is 2.21. The summed E-state index contributed by atoms with van der Waals surface area (Å²) in [5.74, 6) is 0.909. The SMILES string of the molecule is COc1cc(C(=O)c2ccco2)ccc1C. The summed E-state index contributed by atoms with van der Waals surface area (Å²) in [6, 6.07) is 8.69. The highest BCUT2D eigenvalue weighted by Gasteiger charge is 2.13. The molecule has 82 valence electrons. The first kappa shape index (κ1) is 10.5. The van der Waals surface area contributed by atoms with E-state index in [2.05, 4.69) is 0 Å². The Hall–Kier alpha value is -2.03. The van der Waals surface area contributed by atoms with Gasteiger partial charge < -0.3 is 9.15 Å². The lowest BCUT2D eigenvalue weighted by Crippen LogP contribution is -2.00. The monoisotopic (exact) mass is 216 g/mol. The van der Waals surface area contributed by atoms with Gasteiger partial charge in [-0.05, 0) is 30.7 Å². The normalized spacial score (nSPS) is 10.1. The van der Waals surface area contributed by atoms with Crippen LogP contribution in [0.15, 0.2) is 41.0 Å². The summed E-state index contributed by atoms with van der Waals surface area (Å²) < 4.78 is 10.2. The highest BCUT2D eigenvalue weighted by atomic mass is 16.5.